The molecule has 0 saturated carbocycles. The first-order valence-electron chi connectivity index (χ1n) is 10.3. The number of amides is 2. The lowest BCUT2D eigenvalue weighted by molar-refractivity contribution is -0.150. The van der Waals surface area contributed by atoms with E-state index in [1.807, 2.05) is 13.8 Å². The van der Waals surface area contributed by atoms with Crippen LogP contribution in [0.4, 0.5) is 4.79 Å². The molecule has 7 nitrogen and oxygen atoms in total. The number of nitrogens with zero attached hydrogens (tertiary/aromatic N) is 1. The second-order valence-electron chi connectivity index (χ2n) is 8.66. The van der Waals surface area contributed by atoms with E-state index in [1.54, 1.807) is 40.9 Å². The molecule has 1 fully saturated rings. The van der Waals surface area contributed by atoms with Crippen molar-refractivity contribution in [3.05, 3.63) is 12.7 Å². The third-order valence-corrected chi connectivity index (χ3v) is 6.19. The average molecular weight is 412 g/mol. The van der Waals surface area contributed by atoms with Gasteiger partial charge in [-0.05, 0) is 18.8 Å². The summed E-state index contributed by atoms with van der Waals surface area (Å²) in [5.41, 5.74) is -1.20. The van der Waals surface area contributed by atoms with Crippen LogP contribution in [0.5, 0.6) is 0 Å². The van der Waals surface area contributed by atoms with Gasteiger partial charge in [0.05, 0.1) is 29.6 Å². The van der Waals surface area contributed by atoms with Crippen LogP contribution in [0.25, 0.3) is 0 Å². The van der Waals surface area contributed by atoms with E-state index in [2.05, 4.69) is 6.58 Å². The number of aliphatic hydroxyl groups excluding tert-OH is 1. The maximum atomic E-state index is 13.3. The van der Waals surface area contributed by atoms with Crippen LogP contribution in [0.15, 0.2) is 12.7 Å². The zero-order valence-electron chi connectivity index (χ0n) is 18.8. The van der Waals surface area contributed by atoms with Gasteiger partial charge < -0.3 is 14.6 Å². The van der Waals surface area contributed by atoms with Gasteiger partial charge in [0.1, 0.15) is 12.4 Å². The first kappa shape index (κ1) is 25.3. The fraction of sp³-hybridized carbons (Fsp3) is 0.773. The topological polar surface area (TPSA) is 93.1 Å². The Balaban J connectivity index is 3.01. The molecule has 0 bridgehead atoms. The number of rotatable bonds is 11. The number of carbonyl (C=O) groups excluding carboxylic acids is 3. The Morgan fingerprint density at radius 3 is 2.41 bits per heavy atom. The number of Topliss-reactive ketones (excluding diaryl/α,β-unsaturated/α-hetero) is 1. The van der Waals surface area contributed by atoms with E-state index < -0.39 is 35.4 Å². The van der Waals surface area contributed by atoms with Crippen molar-refractivity contribution < 1.29 is 29.0 Å². The molecule has 0 spiro atoms. The minimum absolute atomic E-state index is 0.0770. The largest absolute Gasteiger partial charge is 0.447 e. The standard InChI is InChI=1S/C22H37NO6/c1-9-11-13(3)17(28-8)14(4)18(24)22(6,7)19(25)15(5)20(26)23-16(10-2)12-29-21(23)27/h9,13-17,19,25H,1,10-12H2,2-8H3/t13-,14+,15-,16-,17-,19-/m0/s1. The lowest BCUT2D eigenvalue weighted by Crippen LogP contribution is -2.52. The first-order chi connectivity index (χ1) is 13.4. The van der Waals surface area contributed by atoms with E-state index in [9.17, 15) is 19.5 Å². The molecule has 29 heavy (non-hydrogen) atoms. The van der Waals surface area contributed by atoms with Crippen molar-refractivity contribution in [3.63, 3.8) is 0 Å². The number of hydrogen-bond acceptors (Lipinski definition) is 6. The molecule has 6 atom stereocenters. The maximum Gasteiger partial charge on any atom is 0.416 e. The highest BCUT2D eigenvalue weighted by Gasteiger charge is 2.48. The Labute approximate surface area is 174 Å². The molecular weight excluding hydrogens is 374 g/mol. The van der Waals surface area contributed by atoms with Crippen LogP contribution in [0.3, 0.4) is 0 Å². The molecule has 0 radical (unpaired) electrons. The minimum atomic E-state index is -1.26. The molecule has 0 aromatic rings. The third-order valence-electron chi connectivity index (χ3n) is 6.19. The monoisotopic (exact) mass is 411 g/mol. The third kappa shape index (κ3) is 5.25. The van der Waals surface area contributed by atoms with E-state index in [0.717, 1.165) is 4.90 Å². The second kappa shape index (κ2) is 10.3. The van der Waals surface area contributed by atoms with Gasteiger partial charge in [-0.1, -0.05) is 47.6 Å². The lowest BCUT2D eigenvalue weighted by atomic mass is 9.70. The zero-order chi connectivity index (χ0) is 22.5. The molecule has 166 valence electrons. The first-order valence-corrected chi connectivity index (χ1v) is 10.3. The Morgan fingerprint density at radius 1 is 1.34 bits per heavy atom. The van der Waals surface area contributed by atoms with Gasteiger partial charge in [0.15, 0.2) is 0 Å². The fourth-order valence-corrected chi connectivity index (χ4v) is 4.22. The summed E-state index contributed by atoms with van der Waals surface area (Å²) in [6.45, 7) is 14.3. The fourth-order valence-electron chi connectivity index (χ4n) is 4.22. The summed E-state index contributed by atoms with van der Waals surface area (Å²) in [5.74, 6) is -2.06. The molecule has 1 saturated heterocycles. The van der Waals surface area contributed by atoms with Gasteiger partial charge in [-0.25, -0.2) is 9.69 Å². The van der Waals surface area contributed by atoms with Crippen molar-refractivity contribution in [1.82, 2.24) is 4.90 Å². The number of ketones is 1. The lowest BCUT2D eigenvalue weighted by Gasteiger charge is -2.38. The van der Waals surface area contributed by atoms with E-state index >= 15 is 0 Å². The van der Waals surface area contributed by atoms with Gasteiger partial charge in [-0.15, -0.1) is 6.58 Å². The molecule has 1 N–H and O–H groups in total. The summed E-state index contributed by atoms with van der Waals surface area (Å²) in [6.07, 6.45) is 0.753. The Kier molecular flexibility index (Phi) is 9.03. The zero-order valence-corrected chi connectivity index (χ0v) is 18.8. The Hall–Kier alpha value is -1.73. The molecule has 0 aromatic heterocycles. The quantitative estimate of drug-likeness (QED) is 0.525. The highest BCUT2D eigenvalue weighted by molar-refractivity contribution is 5.96. The van der Waals surface area contributed by atoms with Gasteiger partial charge in [-0.3, -0.25) is 9.59 Å². The number of carbonyl (C=O) groups is 3. The van der Waals surface area contributed by atoms with E-state index in [0.29, 0.717) is 12.8 Å². The molecule has 2 amide bonds. The van der Waals surface area contributed by atoms with E-state index in [4.69, 9.17) is 9.47 Å². The van der Waals surface area contributed by atoms with Gasteiger partial charge in [0.2, 0.25) is 5.91 Å². The number of cyclic esters (lactones) is 1. The molecule has 0 aliphatic carbocycles. The number of allylic oxidation sites excluding steroid dienone is 1. The van der Waals surface area contributed by atoms with Crippen LogP contribution in [0.2, 0.25) is 0 Å². The molecule has 1 aliphatic rings. The summed E-state index contributed by atoms with van der Waals surface area (Å²) in [4.78, 5) is 39.2. The van der Waals surface area contributed by atoms with Gasteiger partial charge in [0, 0.05) is 13.0 Å². The van der Waals surface area contributed by atoms with Crippen LogP contribution >= 0.6 is 0 Å². The number of imide groups is 1. The average Bonchev–Trinajstić information content (AvgIpc) is 3.06. The predicted molar refractivity (Wildman–Crippen MR) is 110 cm³/mol. The smallest absolute Gasteiger partial charge is 0.416 e. The Bertz CT molecular complexity index is 616. The van der Waals surface area contributed by atoms with Gasteiger partial charge in [-0.2, -0.15) is 0 Å². The van der Waals surface area contributed by atoms with Crippen LogP contribution in [0.1, 0.15) is 54.4 Å². The normalized spacial score (nSPS) is 22.4. The molecule has 7 heteroatoms. The second-order valence-corrected chi connectivity index (χ2v) is 8.66. The number of methoxy groups -OCH3 is 1. The van der Waals surface area contributed by atoms with Crippen molar-refractivity contribution >= 4 is 17.8 Å². The van der Waals surface area contributed by atoms with Crippen LogP contribution in [-0.4, -0.2) is 59.8 Å². The summed E-state index contributed by atoms with van der Waals surface area (Å²) < 4.78 is 10.5. The van der Waals surface area contributed by atoms with Crippen LogP contribution in [-0.2, 0) is 19.1 Å². The van der Waals surface area contributed by atoms with Crippen molar-refractivity contribution in [3.8, 4) is 0 Å². The highest BCUT2D eigenvalue weighted by Crippen LogP contribution is 2.35. The van der Waals surface area contributed by atoms with Crippen molar-refractivity contribution in [2.24, 2.45) is 23.2 Å². The molecule has 0 unspecified atom stereocenters. The molecule has 1 heterocycles. The van der Waals surface area contributed by atoms with Gasteiger partial charge >= 0.3 is 6.09 Å². The van der Waals surface area contributed by atoms with Crippen LogP contribution in [0, 0.1) is 23.2 Å². The summed E-state index contributed by atoms with van der Waals surface area (Å²) in [7, 11) is 1.56. The van der Waals surface area contributed by atoms with Gasteiger partial charge in [0.25, 0.3) is 0 Å². The highest BCUT2D eigenvalue weighted by atomic mass is 16.6. The molecular formula is C22H37NO6. The van der Waals surface area contributed by atoms with Crippen molar-refractivity contribution in [1.29, 1.82) is 0 Å². The number of hydrogen-bond donors (Lipinski definition) is 1. The van der Waals surface area contributed by atoms with E-state index in [-0.39, 0.29) is 30.5 Å². The number of ether oxygens (including phenoxy) is 2. The summed E-state index contributed by atoms with van der Waals surface area (Å²) in [5, 5.41) is 11.0. The number of aliphatic hydroxyl groups is 1. The van der Waals surface area contributed by atoms with Crippen molar-refractivity contribution in [2.45, 2.75) is 72.6 Å². The maximum absolute atomic E-state index is 13.3. The Morgan fingerprint density at radius 2 is 1.93 bits per heavy atom. The predicted octanol–water partition coefficient (Wildman–Crippen LogP) is 3.20. The molecule has 0 aromatic carbocycles. The summed E-state index contributed by atoms with van der Waals surface area (Å²) in [6, 6.07) is -0.347. The van der Waals surface area contributed by atoms with Crippen molar-refractivity contribution in [2.75, 3.05) is 13.7 Å². The summed E-state index contributed by atoms with van der Waals surface area (Å²) >= 11 is 0. The minimum Gasteiger partial charge on any atom is -0.447 e. The van der Waals surface area contributed by atoms with Crippen LogP contribution < -0.4 is 0 Å². The van der Waals surface area contributed by atoms with E-state index in [1.165, 1.54) is 0 Å². The molecule has 1 rings (SSSR count). The molecule has 1 aliphatic heterocycles. The SMILES string of the molecule is C=CC[C@H](C)[C@H](OC)[C@@H](C)C(=O)C(C)(C)[C@@H](O)[C@H](C)C(=O)N1C(=O)OC[C@@H]1CC.